The van der Waals surface area contributed by atoms with Gasteiger partial charge >= 0.3 is 0 Å². The Bertz CT molecular complexity index is 578. The summed E-state index contributed by atoms with van der Waals surface area (Å²) in [6, 6.07) is 14.7. The molecule has 20 heavy (non-hydrogen) atoms. The van der Waals surface area contributed by atoms with Crippen molar-refractivity contribution in [3.8, 4) is 0 Å². The van der Waals surface area contributed by atoms with Crippen LogP contribution in [0.15, 0.2) is 51.4 Å². The summed E-state index contributed by atoms with van der Waals surface area (Å²) in [4.78, 5) is 0. The molecule has 0 saturated heterocycles. The fourth-order valence-corrected chi connectivity index (χ4v) is 3.86. The first-order valence-electron chi connectivity index (χ1n) is 6.71. The smallest absolute Gasteiger partial charge is 0.0846 e. The van der Waals surface area contributed by atoms with Crippen LogP contribution in [0, 0.1) is 0 Å². The zero-order valence-electron chi connectivity index (χ0n) is 11.5. The van der Waals surface area contributed by atoms with Gasteiger partial charge in [0.15, 0.2) is 0 Å². The third-order valence-electron chi connectivity index (χ3n) is 3.65. The lowest BCUT2D eigenvalue weighted by molar-refractivity contribution is 0.733. The molecule has 0 nitrogen and oxygen atoms in total. The van der Waals surface area contributed by atoms with Crippen molar-refractivity contribution in [1.82, 2.24) is 0 Å². The van der Waals surface area contributed by atoms with Crippen LogP contribution >= 0.6 is 43.5 Å². The van der Waals surface area contributed by atoms with E-state index in [1.807, 2.05) is 12.1 Å². The lowest BCUT2D eigenvalue weighted by Gasteiger charge is -2.15. The fraction of sp³-hybridized carbons (Fsp3) is 0.294. The van der Waals surface area contributed by atoms with Crippen LogP contribution in [0.5, 0.6) is 0 Å². The van der Waals surface area contributed by atoms with Gasteiger partial charge in [0.1, 0.15) is 0 Å². The summed E-state index contributed by atoms with van der Waals surface area (Å²) in [5.41, 5.74) is 3.59. The minimum atomic E-state index is -0.136. The van der Waals surface area contributed by atoms with Gasteiger partial charge in [-0.3, -0.25) is 0 Å². The van der Waals surface area contributed by atoms with Crippen molar-refractivity contribution in [1.29, 1.82) is 0 Å². The van der Waals surface area contributed by atoms with Crippen molar-refractivity contribution in [2.45, 2.75) is 31.6 Å². The molecule has 0 aliphatic carbocycles. The van der Waals surface area contributed by atoms with E-state index < -0.39 is 0 Å². The molecule has 0 amide bonds. The van der Waals surface area contributed by atoms with Crippen LogP contribution in [-0.2, 0) is 0 Å². The van der Waals surface area contributed by atoms with Crippen LogP contribution in [0.3, 0.4) is 0 Å². The Hall–Kier alpha value is -0.310. The van der Waals surface area contributed by atoms with Gasteiger partial charge in [-0.1, -0.05) is 76.0 Å². The first-order valence-corrected chi connectivity index (χ1v) is 8.74. The molecule has 0 spiro atoms. The van der Waals surface area contributed by atoms with Crippen LogP contribution in [0.2, 0.25) is 0 Å². The Morgan fingerprint density at radius 2 is 1.60 bits per heavy atom. The average Bonchev–Trinajstić information content (AvgIpc) is 2.46. The van der Waals surface area contributed by atoms with Crippen molar-refractivity contribution in [3.05, 3.63) is 68.1 Å². The summed E-state index contributed by atoms with van der Waals surface area (Å²) in [6.07, 6.45) is 1.15. The Labute approximate surface area is 142 Å². The predicted molar refractivity (Wildman–Crippen MR) is 94.7 cm³/mol. The number of alkyl halides is 1. The van der Waals surface area contributed by atoms with Crippen LogP contribution < -0.4 is 0 Å². The lowest BCUT2D eigenvalue weighted by Crippen LogP contribution is -1.96. The molecule has 0 bridgehead atoms. The zero-order chi connectivity index (χ0) is 14.7. The molecular weight excluding hydrogens is 399 g/mol. The van der Waals surface area contributed by atoms with Gasteiger partial charge in [-0.2, -0.15) is 0 Å². The van der Waals surface area contributed by atoms with E-state index >= 15 is 0 Å². The van der Waals surface area contributed by atoms with E-state index in [2.05, 4.69) is 76.0 Å². The average molecular weight is 417 g/mol. The quantitative estimate of drug-likeness (QED) is 0.468. The minimum Gasteiger partial charge on any atom is -0.113 e. The fourth-order valence-electron chi connectivity index (χ4n) is 2.12. The van der Waals surface area contributed by atoms with Crippen LogP contribution in [0.1, 0.15) is 48.3 Å². The second-order valence-corrected chi connectivity index (χ2v) is 7.21. The maximum atomic E-state index is 6.61. The molecule has 2 aromatic carbocycles. The van der Waals surface area contributed by atoms with Crippen LogP contribution in [0.25, 0.3) is 0 Å². The van der Waals surface area contributed by atoms with Gasteiger partial charge in [-0.25, -0.2) is 0 Å². The van der Waals surface area contributed by atoms with Crippen molar-refractivity contribution >= 4 is 43.5 Å². The third-order valence-corrected chi connectivity index (χ3v) is 5.31. The second kappa shape index (κ2) is 7.11. The number of halogens is 3. The number of benzene rings is 2. The number of hydrogen-bond acceptors (Lipinski definition) is 0. The van der Waals surface area contributed by atoms with Gasteiger partial charge in [0.25, 0.3) is 0 Å². The van der Waals surface area contributed by atoms with Crippen molar-refractivity contribution in [2.75, 3.05) is 0 Å². The molecule has 2 rings (SSSR count). The molecule has 0 fully saturated rings. The Balaban J connectivity index is 2.26. The van der Waals surface area contributed by atoms with E-state index in [0.717, 1.165) is 26.5 Å². The van der Waals surface area contributed by atoms with Crippen LogP contribution in [0.4, 0.5) is 0 Å². The molecule has 2 unspecified atom stereocenters. The molecular formula is C17H17Br2Cl. The SMILES string of the molecule is CCC(C)c1ccc(C(Cl)c2ccc(Br)cc2Br)cc1. The number of rotatable bonds is 4. The number of hydrogen-bond donors (Lipinski definition) is 0. The first-order chi connectivity index (χ1) is 9.52. The second-order valence-electron chi connectivity index (χ2n) is 5.00. The summed E-state index contributed by atoms with van der Waals surface area (Å²) in [6.45, 7) is 4.46. The predicted octanol–water partition coefficient (Wildman–Crippen LogP) is 7.05. The van der Waals surface area contributed by atoms with Crippen molar-refractivity contribution in [3.63, 3.8) is 0 Å². The highest BCUT2D eigenvalue weighted by atomic mass is 79.9. The zero-order valence-corrected chi connectivity index (χ0v) is 15.5. The molecule has 0 saturated carbocycles. The molecule has 2 atom stereocenters. The summed E-state index contributed by atoms with van der Waals surface area (Å²) in [5, 5.41) is -0.136. The van der Waals surface area contributed by atoms with Crippen LogP contribution in [-0.4, -0.2) is 0 Å². The molecule has 0 aromatic heterocycles. The van der Waals surface area contributed by atoms with E-state index in [1.54, 1.807) is 0 Å². The third kappa shape index (κ3) is 3.66. The molecule has 106 valence electrons. The van der Waals surface area contributed by atoms with Gasteiger partial charge in [0.05, 0.1) is 5.38 Å². The molecule has 0 radical (unpaired) electrons. The molecule has 2 aromatic rings. The van der Waals surface area contributed by atoms with E-state index in [1.165, 1.54) is 5.56 Å². The minimum absolute atomic E-state index is 0.136. The first kappa shape index (κ1) is 16.1. The highest BCUT2D eigenvalue weighted by molar-refractivity contribution is 9.11. The summed E-state index contributed by atoms with van der Waals surface area (Å²) >= 11 is 13.7. The molecule has 0 aliphatic heterocycles. The molecule has 0 aliphatic rings. The van der Waals surface area contributed by atoms with Gasteiger partial charge in [-0.05, 0) is 41.2 Å². The Morgan fingerprint density at radius 3 is 2.15 bits per heavy atom. The summed E-state index contributed by atoms with van der Waals surface area (Å²) in [5.74, 6) is 0.595. The molecule has 0 heterocycles. The summed E-state index contributed by atoms with van der Waals surface area (Å²) < 4.78 is 2.07. The van der Waals surface area contributed by atoms with E-state index in [0.29, 0.717) is 5.92 Å². The van der Waals surface area contributed by atoms with E-state index in [9.17, 15) is 0 Å². The highest BCUT2D eigenvalue weighted by Crippen LogP contribution is 2.35. The monoisotopic (exact) mass is 414 g/mol. The topological polar surface area (TPSA) is 0 Å². The van der Waals surface area contributed by atoms with E-state index in [4.69, 9.17) is 11.6 Å². The summed E-state index contributed by atoms with van der Waals surface area (Å²) in [7, 11) is 0. The molecule has 3 heteroatoms. The highest BCUT2D eigenvalue weighted by Gasteiger charge is 2.14. The Morgan fingerprint density at radius 1 is 1.00 bits per heavy atom. The maximum Gasteiger partial charge on any atom is 0.0846 e. The largest absolute Gasteiger partial charge is 0.113 e. The molecule has 0 N–H and O–H groups in total. The van der Waals surface area contributed by atoms with Crippen molar-refractivity contribution < 1.29 is 0 Å². The lowest BCUT2D eigenvalue weighted by atomic mass is 9.96. The van der Waals surface area contributed by atoms with E-state index in [-0.39, 0.29) is 5.38 Å². The van der Waals surface area contributed by atoms with Gasteiger partial charge in [-0.15, -0.1) is 11.6 Å². The van der Waals surface area contributed by atoms with Gasteiger partial charge in [0, 0.05) is 8.95 Å². The van der Waals surface area contributed by atoms with Crippen molar-refractivity contribution in [2.24, 2.45) is 0 Å². The maximum absolute atomic E-state index is 6.61. The standard InChI is InChI=1S/C17H17Br2Cl/c1-3-11(2)12-4-6-13(7-5-12)17(20)15-9-8-14(18)10-16(15)19/h4-11,17H,3H2,1-2H3. The van der Waals surface area contributed by atoms with Gasteiger partial charge < -0.3 is 0 Å². The Kier molecular flexibility index (Phi) is 5.71. The normalized spacial score (nSPS) is 14.1. The van der Waals surface area contributed by atoms with Gasteiger partial charge in [0.2, 0.25) is 0 Å².